The molecule has 0 spiro atoms. The van der Waals surface area contributed by atoms with E-state index in [-0.39, 0.29) is 16.0 Å². The lowest BCUT2D eigenvalue weighted by Crippen LogP contribution is -2.36. The van der Waals surface area contributed by atoms with E-state index in [2.05, 4.69) is 25.4 Å². The summed E-state index contributed by atoms with van der Waals surface area (Å²) in [6.07, 6.45) is -2.39. The van der Waals surface area contributed by atoms with E-state index in [9.17, 15) is 31.2 Å². The molecule has 210 valence electrons. The summed E-state index contributed by atoms with van der Waals surface area (Å²) in [6, 6.07) is 11.9. The number of rotatable bonds is 8. The molecule has 4 rings (SSSR count). The third kappa shape index (κ3) is 6.35. The van der Waals surface area contributed by atoms with Crippen LogP contribution in [-0.2, 0) is 19.7 Å². The van der Waals surface area contributed by atoms with Crippen molar-refractivity contribution in [2.45, 2.75) is 22.9 Å². The van der Waals surface area contributed by atoms with Crippen LogP contribution >= 0.6 is 11.8 Å². The molecule has 11 nitrogen and oxygen atoms in total. The third-order valence-corrected chi connectivity index (χ3v) is 7.80. The number of fused-ring (bicyclic) bond motifs is 1. The van der Waals surface area contributed by atoms with Gasteiger partial charge in [0.2, 0.25) is 0 Å². The number of anilines is 4. The molecule has 0 atom stereocenters. The first-order chi connectivity index (χ1) is 18.8. The number of hydrogen-bond acceptors (Lipinski definition) is 11. The molecule has 0 amide bonds. The number of benzene rings is 2. The van der Waals surface area contributed by atoms with Crippen molar-refractivity contribution in [2.75, 3.05) is 23.9 Å². The summed E-state index contributed by atoms with van der Waals surface area (Å²) in [5.41, 5.74) is 1.51. The fourth-order valence-electron chi connectivity index (χ4n) is 3.49. The van der Waals surface area contributed by atoms with Crippen LogP contribution in [0.2, 0.25) is 0 Å². The normalized spacial score (nSPS) is 12.0. The SMILES string of the molecule is CSc1ccc(S(=O)(=O)N(C)OC(=O)C(F)(F)F)cc1Nc1cc(Nc2ccc3c(C)cc(=O)oc3c2)ncn1. The van der Waals surface area contributed by atoms with Crippen LogP contribution in [0, 0.1) is 6.92 Å². The number of nitrogens with zero attached hydrogens (tertiary/aromatic N) is 3. The van der Waals surface area contributed by atoms with Crippen LogP contribution in [0.5, 0.6) is 0 Å². The number of halogens is 3. The Hall–Kier alpha value is -4.15. The number of aromatic nitrogens is 2. The average Bonchev–Trinajstić information content (AvgIpc) is 2.88. The Labute approximate surface area is 229 Å². The van der Waals surface area contributed by atoms with E-state index >= 15 is 0 Å². The Kier molecular flexibility index (Phi) is 8.04. The van der Waals surface area contributed by atoms with Gasteiger partial charge in [-0.15, -0.1) is 11.8 Å². The van der Waals surface area contributed by atoms with Gasteiger partial charge in [0.25, 0.3) is 10.0 Å². The molecule has 0 aliphatic heterocycles. The first kappa shape index (κ1) is 28.8. The first-order valence-electron chi connectivity index (χ1n) is 11.1. The summed E-state index contributed by atoms with van der Waals surface area (Å²) in [7, 11) is -3.97. The van der Waals surface area contributed by atoms with E-state index in [0.717, 1.165) is 17.0 Å². The van der Waals surface area contributed by atoms with Gasteiger partial charge in [-0.25, -0.2) is 28.0 Å². The molecule has 0 bridgehead atoms. The number of carbonyl (C=O) groups excluding carboxylic acids is 1. The molecule has 0 aliphatic carbocycles. The Balaban J connectivity index is 1.58. The molecular weight excluding hydrogens is 575 g/mol. The van der Waals surface area contributed by atoms with Gasteiger partial charge >= 0.3 is 17.8 Å². The van der Waals surface area contributed by atoms with Gasteiger partial charge in [-0.1, -0.05) is 0 Å². The molecular formula is C24H20F3N5O6S2. The number of sulfonamides is 1. The van der Waals surface area contributed by atoms with Gasteiger partial charge < -0.3 is 19.9 Å². The Morgan fingerprint density at radius 2 is 1.75 bits per heavy atom. The zero-order valence-electron chi connectivity index (χ0n) is 20.9. The van der Waals surface area contributed by atoms with Crippen molar-refractivity contribution in [3.63, 3.8) is 0 Å². The molecule has 2 N–H and O–H groups in total. The number of hydrogen-bond donors (Lipinski definition) is 2. The molecule has 4 aromatic rings. The fourth-order valence-corrected chi connectivity index (χ4v) is 5.00. The lowest BCUT2D eigenvalue weighted by Gasteiger charge is -2.18. The lowest BCUT2D eigenvalue weighted by atomic mass is 10.1. The van der Waals surface area contributed by atoms with E-state index in [1.54, 1.807) is 31.4 Å². The van der Waals surface area contributed by atoms with E-state index in [0.29, 0.717) is 29.0 Å². The second-order valence-corrected chi connectivity index (χ2v) is 10.9. The fraction of sp³-hybridized carbons (Fsp3) is 0.167. The molecule has 0 saturated carbocycles. The minimum absolute atomic E-state index is 0.152. The van der Waals surface area contributed by atoms with Crippen molar-refractivity contribution in [3.05, 3.63) is 70.8 Å². The number of thioether (sulfide) groups is 1. The van der Waals surface area contributed by atoms with Gasteiger partial charge in [0.05, 0.1) is 10.6 Å². The predicted octanol–water partition coefficient (Wildman–Crippen LogP) is 4.74. The summed E-state index contributed by atoms with van der Waals surface area (Å²) in [5, 5.41) is 6.81. The van der Waals surface area contributed by atoms with Crippen molar-refractivity contribution in [3.8, 4) is 0 Å². The summed E-state index contributed by atoms with van der Waals surface area (Å²) < 4.78 is 68.3. The van der Waals surface area contributed by atoms with Crippen molar-refractivity contribution < 1.29 is 35.6 Å². The third-order valence-electron chi connectivity index (χ3n) is 5.40. The Bertz CT molecular complexity index is 1760. The number of nitrogens with one attached hydrogen (secondary N) is 2. The molecule has 2 aromatic heterocycles. The van der Waals surface area contributed by atoms with Crippen LogP contribution in [0.25, 0.3) is 11.0 Å². The highest BCUT2D eigenvalue weighted by Crippen LogP contribution is 2.32. The largest absolute Gasteiger partial charge is 0.492 e. The van der Waals surface area contributed by atoms with Crippen molar-refractivity contribution in [1.29, 1.82) is 0 Å². The topological polar surface area (TPSA) is 144 Å². The molecule has 0 unspecified atom stereocenters. The maximum absolute atomic E-state index is 12.8. The van der Waals surface area contributed by atoms with Gasteiger partial charge in [-0.05, 0) is 53.5 Å². The Morgan fingerprint density at radius 3 is 2.42 bits per heavy atom. The maximum atomic E-state index is 12.8. The van der Waals surface area contributed by atoms with Crippen LogP contribution in [0.15, 0.2) is 73.9 Å². The van der Waals surface area contributed by atoms with Crippen LogP contribution < -0.4 is 16.3 Å². The molecule has 0 saturated heterocycles. The first-order valence-corrected chi connectivity index (χ1v) is 13.8. The van der Waals surface area contributed by atoms with E-state index in [1.165, 1.54) is 42.4 Å². The summed E-state index contributed by atoms with van der Waals surface area (Å²) in [4.78, 5) is 35.2. The highest BCUT2D eigenvalue weighted by atomic mass is 32.2. The molecule has 16 heteroatoms. The van der Waals surface area contributed by atoms with Crippen LogP contribution in [-0.4, -0.2) is 48.3 Å². The highest BCUT2D eigenvalue weighted by molar-refractivity contribution is 7.98. The molecule has 2 aromatic carbocycles. The molecule has 40 heavy (non-hydrogen) atoms. The number of carbonyl (C=O) groups is 1. The standard InChI is InChI=1S/C24H20F3N5O6S2/c1-13-8-22(33)37-18-9-14(4-6-16(13)18)30-20-11-21(29-12-28-20)31-17-10-15(5-7-19(17)39-3)40(35,36)32(2)38-23(34)24(25,26)27/h4-12H,1-3H3,(H2,28,29,30,31). The van der Waals surface area contributed by atoms with Crippen molar-refractivity contribution in [2.24, 2.45) is 0 Å². The second-order valence-electron chi connectivity index (χ2n) is 8.15. The summed E-state index contributed by atoms with van der Waals surface area (Å²) in [5.74, 6) is -2.08. The molecule has 0 radical (unpaired) electrons. The van der Waals surface area contributed by atoms with Crippen LogP contribution in [0.3, 0.4) is 0 Å². The summed E-state index contributed by atoms with van der Waals surface area (Å²) >= 11 is 1.27. The van der Waals surface area contributed by atoms with Gasteiger partial charge in [-0.3, -0.25) is 0 Å². The highest BCUT2D eigenvalue weighted by Gasteiger charge is 2.43. The van der Waals surface area contributed by atoms with Gasteiger partial charge in [-0.2, -0.15) is 13.2 Å². The zero-order chi connectivity index (χ0) is 29.2. The predicted molar refractivity (Wildman–Crippen MR) is 141 cm³/mol. The minimum Gasteiger partial charge on any atom is -0.423 e. The monoisotopic (exact) mass is 595 g/mol. The average molecular weight is 596 g/mol. The van der Waals surface area contributed by atoms with Gasteiger partial charge in [0.1, 0.15) is 23.5 Å². The van der Waals surface area contributed by atoms with Crippen LogP contribution in [0.4, 0.5) is 36.2 Å². The van der Waals surface area contributed by atoms with Crippen molar-refractivity contribution >= 4 is 61.7 Å². The van der Waals surface area contributed by atoms with Crippen molar-refractivity contribution in [1.82, 2.24) is 14.4 Å². The molecule has 2 heterocycles. The number of hydroxylamine groups is 1. The maximum Gasteiger partial charge on any atom is 0.492 e. The van der Waals surface area contributed by atoms with Gasteiger partial charge in [0, 0.05) is 41.2 Å². The Morgan fingerprint density at radius 1 is 1.05 bits per heavy atom. The van der Waals surface area contributed by atoms with E-state index in [4.69, 9.17) is 4.42 Å². The van der Waals surface area contributed by atoms with E-state index in [1.807, 2.05) is 0 Å². The van der Waals surface area contributed by atoms with Gasteiger partial charge in [0.15, 0.2) is 0 Å². The molecule has 0 aliphatic rings. The van der Waals surface area contributed by atoms with E-state index < -0.39 is 32.7 Å². The number of aryl methyl sites for hydroxylation is 1. The van der Waals surface area contributed by atoms with Crippen LogP contribution in [0.1, 0.15) is 5.56 Å². The minimum atomic E-state index is -5.38. The second kappa shape index (κ2) is 11.1. The smallest absolute Gasteiger partial charge is 0.423 e. The summed E-state index contributed by atoms with van der Waals surface area (Å²) in [6.45, 7) is 1.80. The lowest BCUT2D eigenvalue weighted by molar-refractivity contribution is -0.219. The quantitative estimate of drug-likeness (QED) is 0.166. The number of alkyl halides is 3. The zero-order valence-corrected chi connectivity index (χ0v) is 22.6. The molecule has 0 fully saturated rings.